The van der Waals surface area contributed by atoms with E-state index < -0.39 is 0 Å². The molecule has 0 aromatic carbocycles. The van der Waals surface area contributed by atoms with E-state index in [4.69, 9.17) is 4.42 Å². The van der Waals surface area contributed by atoms with Crippen LogP contribution in [0.2, 0.25) is 0 Å². The van der Waals surface area contributed by atoms with E-state index in [0.29, 0.717) is 22.2 Å². The number of nitrogens with one attached hydrogen (secondary N) is 1. The molecule has 0 saturated heterocycles. The molecule has 0 atom stereocenters. The van der Waals surface area contributed by atoms with Crippen LogP contribution in [-0.2, 0) is 0 Å². The number of halogens is 1. The van der Waals surface area contributed by atoms with Crippen LogP contribution >= 0.6 is 15.9 Å². The van der Waals surface area contributed by atoms with Crippen LogP contribution < -0.4 is 5.56 Å². The number of aromatic nitrogens is 2. The van der Waals surface area contributed by atoms with Gasteiger partial charge in [0, 0.05) is 12.0 Å². The fourth-order valence-electron chi connectivity index (χ4n) is 2.47. The number of hydrogen-bond acceptors (Lipinski definition) is 3. The maximum Gasteiger partial charge on any atom is 0.251 e. The van der Waals surface area contributed by atoms with Crippen molar-refractivity contribution >= 4 is 15.9 Å². The summed E-state index contributed by atoms with van der Waals surface area (Å²) in [5, 5.41) is 0. The van der Waals surface area contributed by atoms with Gasteiger partial charge in [0.1, 0.15) is 0 Å². The highest BCUT2D eigenvalue weighted by Gasteiger charge is 2.20. The number of H-pyrrole nitrogens is 1. The lowest BCUT2D eigenvalue weighted by Gasteiger charge is -2.08. The first-order valence-corrected chi connectivity index (χ1v) is 6.88. The number of nitrogens with zero attached hydrogens (tertiary/aromatic N) is 1. The third-order valence-corrected chi connectivity index (χ3v) is 3.77. The van der Waals surface area contributed by atoms with Crippen molar-refractivity contribution < 1.29 is 4.42 Å². The Hall–Kier alpha value is -1.36. The van der Waals surface area contributed by atoms with Crippen LogP contribution in [0.3, 0.4) is 0 Å². The van der Waals surface area contributed by atoms with Gasteiger partial charge in [0.25, 0.3) is 5.56 Å². The lowest BCUT2D eigenvalue weighted by Crippen LogP contribution is -2.11. The van der Waals surface area contributed by atoms with Gasteiger partial charge in [-0.25, -0.2) is 4.98 Å². The van der Waals surface area contributed by atoms with Gasteiger partial charge in [-0.1, -0.05) is 12.8 Å². The highest BCUT2D eigenvalue weighted by atomic mass is 79.9. The van der Waals surface area contributed by atoms with Crippen LogP contribution in [0.5, 0.6) is 0 Å². The lowest BCUT2D eigenvalue weighted by molar-refractivity contribution is 0.549. The Labute approximate surface area is 113 Å². The first-order valence-electron chi connectivity index (χ1n) is 6.09. The minimum absolute atomic E-state index is 0.116. The Bertz CT molecular complexity index is 611. The first kappa shape index (κ1) is 11.7. The van der Waals surface area contributed by atoms with Crippen molar-refractivity contribution in [2.24, 2.45) is 0 Å². The molecule has 2 heterocycles. The van der Waals surface area contributed by atoms with Gasteiger partial charge in [-0.3, -0.25) is 4.79 Å². The van der Waals surface area contributed by atoms with Crippen LogP contribution in [-0.4, -0.2) is 9.97 Å². The van der Waals surface area contributed by atoms with Gasteiger partial charge in [-0.2, -0.15) is 0 Å². The summed E-state index contributed by atoms with van der Waals surface area (Å²) < 4.78 is 6.06. The summed E-state index contributed by atoms with van der Waals surface area (Å²) in [6, 6.07) is 5.19. The van der Waals surface area contributed by atoms with Gasteiger partial charge in [0.15, 0.2) is 16.3 Å². The summed E-state index contributed by atoms with van der Waals surface area (Å²) in [4.78, 5) is 18.9. The average molecular weight is 309 g/mol. The summed E-state index contributed by atoms with van der Waals surface area (Å²) in [5.74, 6) is 1.51. The summed E-state index contributed by atoms with van der Waals surface area (Å²) >= 11 is 3.25. The third kappa shape index (κ3) is 2.27. The summed E-state index contributed by atoms with van der Waals surface area (Å²) in [6.07, 6.45) is 4.69. The minimum atomic E-state index is -0.116. The Morgan fingerprint density at radius 2 is 2.11 bits per heavy atom. The van der Waals surface area contributed by atoms with E-state index in [2.05, 4.69) is 25.9 Å². The summed E-state index contributed by atoms with van der Waals surface area (Å²) in [6.45, 7) is 0. The molecule has 1 fully saturated rings. The predicted molar refractivity (Wildman–Crippen MR) is 71.5 cm³/mol. The molecule has 0 aliphatic heterocycles. The molecule has 5 heteroatoms. The molecule has 2 aromatic heterocycles. The maximum absolute atomic E-state index is 11.7. The van der Waals surface area contributed by atoms with Crippen molar-refractivity contribution in [3.05, 3.63) is 38.9 Å². The number of hydrogen-bond donors (Lipinski definition) is 1. The molecule has 0 amide bonds. The Balaban J connectivity index is 2.02. The van der Waals surface area contributed by atoms with E-state index in [1.165, 1.54) is 12.8 Å². The molecule has 1 aliphatic rings. The van der Waals surface area contributed by atoms with Crippen LogP contribution in [0.1, 0.15) is 37.3 Å². The van der Waals surface area contributed by atoms with E-state index in [1.54, 1.807) is 18.2 Å². The van der Waals surface area contributed by atoms with Crippen LogP contribution in [0.4, 0.5) is 0 Å². The zero-order chi connectivity index (χ0) is 12.5. The second kappa shape index (κ2) is 4.72. The van der Waals surface area contributed by atoms with Crippen LogP contribution in [0, 0.1) is 0 Å². The minimum Gasteiger partial charge on any atom is -0.446 e. The predicted octanol–water partition coefficient (Wildman–Crippen LogP) is 3.45. The van der Waals surface area contributed by atoms with E-state index in [-0.39, 0.29) is 5.56 Å². The molecule has 0 radical (unpaired) electrons. The zero-order valence-corrected chi connectivity index (χ0v) is 11.4. The largest absolute Gasteiger partial charge is 0.446 e. The standard InChI is InChI=1S/C13H13BrN2O2/c14-11-6-5-10(18-11)13-15-9(7-12(17)16-13)8-3-1-2-4-8/h5-8H,1-4H2,(H,15,16,17). The second-order valence-corrected chi connectivity index (χ2v) is 5.39. The number of aromatic amines is 1. The molecule has 0 bridgehead atoms. The van der Waals surface area contributed by atoms with E-state index in [9.17, 15) is 4.79 Å². The maximum atomic E-state index is 11.7. The lowest BCUT2D eigenvalue weighted by atomic mass is 10.0. The van der Waals surface area contributed by atoms with Crippen LogP contribution in [0.15, 0.2) is 32.1 Å². The molecule has 2 aromatic rings. The number of furan rings is 1. The Morgan fingerprint density at radius 3 is 2.78 bits per heavy atom. The molecule has 1 aliphatic carbocycles. The fourth-order valence-corrected chi connectivity index (χ4v) is 2.77. The smallest absolute Gasteiger partial charge is 0.251 e. The molecular weight excluding hydrogens is 296 g/mol. The zero-order valence-electron chi connectivity index (χ0n) is 9.78. The highest BCUT2D eigenvalue weighted by Crippen LogP contribution is 2.33. The molecule has 0 spiro atoms. The highest BCUT2D eigenvalue weighted by molar-refractivity contribution is 9.10. The normalized spacial score (nSPS) is 16.3. The molecule has 4 nitrogen and oxygen atoms in total. The molecule has 0 unspecified atom stereocenters. The molecule has 1 N–H and O–H groups in total. The molecule has 94 valence electrons. The van der Waals surface area contributed by atoms with Gasteiger partial charge < -0.3 is 9.40 Å². The van der Waals surface area contributed by atoms with Gasteiger partial charge in [0.2, 0.25) is 0 Å². The van der Waals surface area contributed by atoms with Gasteiger partial charge in [-0.05, 0) is 40.9 Å². The van der Waals surface area contributed by atoms with Gasteiger partial charge in [-0.15, -0.1) is 0 Å². The van der Waals surface area contributed by atoms with Crippen LogP contribution in [0.25, 0.3) is 11.6 Å². The summed E-state index contributed by atoms with van der Waals surface area (Å²) in [5.41, 5.74) is 0.771. The van der Waals surface area contributed by atoms with Gasteiger partial charge >= 0.3 is 0 Å². The second-order valence-electron chi connectivity index (χ2n) is 4.60. The Morgan fingerprint density at radius 1 is 1.33 bits per heavy atom. The molecule has 1 saturated carbocycles. The van der Waals surface area contributed by atoms with Crippen molar-refractivity contribution in [3.8, 4) is 11.6 Å². The molecule has 3 rings (SSSR count). The van der Waals surface area contributed by atoms with E-state index in [0.717, 1.165) is 18.5 Å². The molecular formula is C13H13BrN2O2. The van der Waals surface area contributed by atoms with Crippen molar-refractivity contribution in [1.82, 2.24) is 9.97 Å². The van der Waals surface area contributed by atoms with E-state index >= 15 is 0 Å². The van der Waals surface area contributed by atoms with Crippen molar-refractivity contribution in [1.29, 1.82) is 0 Å². The van der Waals surface area contributed by atoms with Crippen molar-refractivity contribution in [2.75, 3.05) is 0 Å². The van der Waals surface area contributed by atoms with Gasteiger partial charge in [0.05, 0.1) is 5.69 Å². The third-order valence-electron chi connectivity index (χ3n) is 3.34. The van der Waals surface area contributed by atoms with E-state index in [1.807, 2.05) is 0 Å². The molecule has 18 heavy (non-hydrogen) atoms. The Kier molecular flexibility index (Phi) is 3.07. The fraction of sp³-hybridized carbons (Fsp3) is 0.385. The monoisotopic (exact) mass is 308 g/mol. The first-order chi connectivity index (χ1) is 8.72. The quantitative estimate of drug-likeness (QED) is 0.924. The number of rotatable bonds is 2. The topological polar surface area (TPSA) is 58.9 Å². The SMILES string of the molecule is O=c1cc(C2CCCC2)nc(-c2ccc(Br)o2)[nH]1. The van der Waals surface area contributed by atoms with Crippen molar-refractivity contribution in [3.63, 3.8) is 0 Å². The van der Waals surface area contributed by atoms with Crippen molar-refractivity contribution in [2.45, 2.75) is 31.6 Å². The summed E-state index contributed by atoms with van der Waals surface area (Å²) in [7, 11) is 0. The average Bonchev–Trinajstić information content (AvgIpc) is 2.98.